The second kappa shape index (κ2) is 10.4. The van der Waals surface area contributed by atoms with E-state index in [1.165, 1.54) is 11.3 Å². The highest BCUT2D eigenvalue weighted by molar-refractivity contribution is 7.19. The number of hydrogen-bond donors (Lipinski definition) is 2. The third-order valence-electron chi connectivity index (χ3n) is 4.84. The molecule has 0 radical (unpaired) electrons. The zero-order valence-corrected chi connectivity index (χ0v) is 18.9. The minimum atomic E-state index is -0.109. The van der Waals surface area contributed by atoms with E-state index in [-0.39, 0.29) is 6.03 Å². The highest BCUT2D eigenvalue weighted by atomic mass is 32.1. The molecule has 0 saturated carbocycles. The van der Waals surface area contributed by atoms with Gasteiger partial charge in [0.05, 0.1) is 22.2 Å². The molecular formula is C24H24N6OS. The molecule has 1 aliphatic heterocycles. The van der Waals surface area contributed by atoms with Crippen LogP contribution in [0.25, 0.3) is 21.7 Å². The molecule has 7 nitrogen and oxygen atoms in total. The first kappa shape index (κ1) is 22.8. The molecule has 0 unspecified atom stereocenters. The standard InChI is InChI=1S/C22H21N5OS.C2H3N/c1-14-10-18(11-15(2)24-14)20-19(17-7-5-6-16(12-17)13-23)25-21(29-20)26-22(28)27-8-3-4-9-27;1-2-3/h5-7,10-12H,3-4,8-9H2,1-2H3,(H,25,26,28);1H,3H2. The molecule has 1 aromatic carbocycles. The molecule has 8 heteroatoms. The van der Waals surface area contributed by atoms with Crippen molar-refractivity contribution in [2.24, 2.45) is 5.73 Å². The maximum absolute atomic E-state index is 12.5. The van der Waals surface area contributed by atoms with Gasteiger partial charge in [-0.15, -0.1) is 0 Å². The molecule has 162 valence electrons. The van der Waals surface area contributed by atoms with Gasteiger partial charge in [-0.3, -0.25) is 10.3 Å². The fraction of sp³-hybridized carbons (Fsp3) is 0.250. The smallest absolute Gasteiger partial charge is 0.323 e. The Balaban J connectivity index is 0.000000913. The van der Waals surface area contributed by atoms with Gasteiger partial charge in [0.1, 0.15) is 0 Å². The quantitative estimate of drug-likeness (QED) is 0.456. The van der Waals surface area contributed by atoms with Gasteiger partial charge in [0.25, 0.3) is 0 Å². The number of aromatic nitrogens is 2. The summed E-state index contributed by atoms with van der Waals surface area (Å²) in [6, 6.07) is 15.2. The highest BCUT2D eigenvalue weighted by Gasteiger charge is 2.21. The number of aryl methyl sites for hydroxylation is 2. The number of nitriles is 1. The maximum atomic E-state index is 12.5. The van der Waals surface area contributed by atoms with Crippen LogP contribution in [0.4, 0.5) is 9.93 Å². The number of nitrogens with zero attached hydrogens (tertiary/aromatic N) is 4. The van der Waals surface area contributed by atoms with Gasteiger partial charge < -0.3 is 10.6 Å². The van der Waals surface area contributed by atoms with Crippen LogP contribution < -0.4 is 11.1 Å². The number of thiazole rings is 1. The zero-order chi connectivity index (χ0) is 23.1. The van der Waals surface area contributed by atoms with E-state index in [1.807, 2.05) is 49.1 Å². The van der Waals surface area contributed by atoms with Crippen LogP contribution in [-0.2, 0) is 0 Å². The summed E-state index contributed by atoms with van der Waals surface area (Å²) >= 11 is 1.45. The lowest BCUT2D eigenvalue weighted by molar-refractivity contribution is 0.222. The van der Waals surface area contributed by atoms with E-state index in [4.69, 9.17) is 4.98 Å². The fourth-order valence-electron chi connectivity index (χ4n) is 3.56. The summed E-state index contributed by atoms with van der Waals surface area (Å²) in [7, 11) is 0. The van der Waals surface area contributed by atoms with Gasteiger partial charge in [0.15, 0.2) is 5.13 Å². The Morgan fingerprint density at radius 3 is 2.44 bits per heavy atom. The second-order valence-electron chi connectivity index (χ2n) is 7.32. The van der Waals surface area contributed by atoms with Crippen molar-refractivity contribution in [1.29, 1.82) is 5.26 Å². The molecular weight excluding hydrogens is 420 g/mol. The monoisotopic (exact) mass is 444 g/mol. The molecule has 0 atom stereocenters. The van der Waals surface area contributed by atoms with Gasteiger partial charge in [0, 0.05) is 30.0 Å². The number of anilines is 1. The van der Waals surface area contributed by atoms with E-state index in [9.17, 15) is 10.1 Å². The third-order valence-corrected chi connectivity index (χ3v) is 5.86. The Labute approximate surface area is 191 Å². The Morgan fingerprint density at radius 1 is 1.16 bits per heavy atom. The lowest BCUT2D eigenvalue weighted by atomic mass is 10.0. The van der Waals surface area contributed by atoms with Crippen LogP contribution in [0.15, 0.2) is 36.4 Å². The van der Waals surface area contributed by atoms with Crippen molar-refractivity contribution in [2.75, 3.05) is 18.4 Å². The van der Waals surface area contributed by atoms with Gasteiger partial charge >= 0.3 is 6.03 Å². The van der Waals surface area contributed by atoms with Crippen LogP contribution in [0.3, 0.4) is 0 Å². The van der Waals surface area contributed by atoms with E-state index in [0.29, 0.717) is 10.7 Å². The summed E-state index contributed by atoms with van der Waals surface area (Å²) in [5, 5.41) is 12.8. The van der Waals surface area contributed by atoms with Crippen molar-refractivity contribution in [3.63, 3.8) is 0 Å². The number of carbonyl (C=O) groups excluding carboxylic acids is 1. The van der Waals surface area contributed by atoms with Gasteiger partial charge in [-0.05, 0) is 62.6 Å². The summed E-state index contributed by atoms with van der Waals surface area (Å²) in [5.74, 6) is 0. The number of terminal acetylenes is 1. The molecule has 3 N–H and O–H groups in total. The van der Waals surface area contributed by atoms with Crippen molar-refractivity contribution in [2.45, 2.75) is 26.7 Å². The van der Waals surface area contributed by atoms with E-state index < -0.39 is 0 Å². The number of amides is 2. The summed E-state index contributed by atoms with van der Waals surface area (Å²) in [6.07, 6.45) is 6.45. The Kier molecular flexibility index (Phi) is 7.43. The van der Waals surface area contributed by atoms with Gasteiger partial charge in [0.2, 0.25) is 0 Å². The summed E-state index contributed by atoms with van der Waals surface area (Å²) < 4.78 is 0. The largest absolute Gasteiger partial charge is 0.360 e. The van der Waals surface area contributed by atoms with E-state index >= 15 is 0 Å². The van der Waals surface area contributed by atoms with Crippen LogP contribution in [0.2, 0.25) is 0 Å². The number of likely N-dealkylation sites (tertiary alicyclic amines) is 1. The first-order valence-corrected chi connectivity index (χ1v) is 11.0. The summed E-state index contributed by atoms with van der Waals surface area (Å²) in [6.45, 7) is 5.49. The molecule has 0 bridgehead atoms. The SMILES string of the molecule is C#CN.Cc1cc(-c2sc(NC(=O)N3CCCC3)nc2-c2cccc(C#N)c2)cc(C)n1. The number of nitrogens with two attached hydrogens (primary N) is 1. The normalized spacial score (nSPS) is 12.3. The average molecular weight is 445 g/mol. The number of rotatable bonds is 3. The number of pyridine rings is 1. The molecule has 32 heavy (non-hydrogen) atoms. The van der Waals surface area contributed by atoms with E-state index in [2.05, 4.69) is 28.5 Å². The lowest BCUT2D eigenvalue weighted by Gasteiger charge is -2.14. The third kappa shape index (κ3) is 5.42. The number of carbonyl (C=O) groups is 1. The van der Waals surface area contributed by atoms with Crippen molar-refractivity contribution in [3.8, 4) is 40.2 Å². The van der Waals surface area contributed by atoms with Crippen molar-refractivity contribution < 1.29 is 4.79 Å². The Morgan fingerprint density at radius 2 is 1.81 bits per heavy atom. The van der Waals surface area contributed by atoms with Crippen LogP contribution in [0.5, 0.6) is 0 Å². The number of benzene rings is 1. The molecule has 1 fully saturated rings. The lowest BCUT2D eigenvalue weighted by Crippen LogP contribution is -2.32. The predicted octanol–water partition coefficient (Wildman–Crippen LogP) is 4.52. The highest BCUT2D eigenvalue weighted by Crippen LogP contribution is 2.39. The predicted molar refractivity (Wildman–Crippen MR) is 128 cm³/mol. The first-order valence-electron chi connectivity index (χ1n) is 10.1. The van der Waals surface area contributed by atoms with Crippen molar-refractivity contribution in [1.82, 2.24) is 14.9 Å². The summed E-state index contributed by atoms with van der Waals surface area (Å²) in [4.78, 5) is 24.5. The number of urea groups is 1. The maximum Gasteiger partial charge on any atom is 0.323 e. The molecule has 3 aromatic rings. The Bertz CT molecular complexity index is 1180. The molecule has 1 saturated heterocycles. The van der Waals surface area contributed by atoms with Crippen LogP contribution >= 0.6 is 11.3 Å². The Hall–Kier alpha value is -3.88. The first-order chi connectivity index (χ1) is 15.4. The number of nitrogens with one attached hydrogen (secondary N) is 1. The second-order valence-corrected chi connectivity index (χ2v) is 8.32. The zero-order valence-electron chi connectivity index (χ0n) is 18.1. The average Bonchev–Trinajstić information content (AvgIpc) is 3.44. The summed E-state index contributed by atoms with van der Waals surface area (Å²) in [5.41, 5.74) is 9.41. The number of hydrogen-bond acceptors (Lipinski definition) is 6. The fourth-order valence-corrected chi connectivity index (χ4v) is 4.52. The van der Waals surface area contributed by atoms with Gasteiger partial charge in [-0.2, -0.15) is 5.26 Å². The molecule has 0 aliphatic carbocycles. The van der Waals surface area contributed by atoms with Crippen LogP contribution in [0.1, 0.15) is 29.8 Å². The molecule has 0 spiro atoms. The molecule has 4 rings (SSSR count). The molecule has 1 aliphatic rings. The van der Waals surface area contributed by atoms with Crippen molar-refractivity contribution >= 4 is 22.5 Å². The topological polar surface area (TPSA) is 108 Å². The van der Waals surface area contributed by atoms with E-state index in [0.717, 1.165) is 59.0 Å². The molecule has 2 aromatic heterocycles. The van der Waals surface area contributed by atoms with Gasteiger partial charge in [-0.1, -0.05) is 29.9 Å². The minimum Gasteiger partial charge on any atom is -0.360 e. The molecule has 3 heterocycles. The van der Waals surface area contributed by atoms with E-state index in [1.54, 1.807) is 12.1 Å². The van der Waals surface area contributed by atoms with Crippen LogP contribution in [0, 0.1) is 37.6 Å². The van der Waals surface area contributed by atoms with Crippen molar-refractivity contribution in [3.05, 3.63) is 53.3 Å². The van der Waals surface area contributed by atoms with Crippen LogP contribution in [-0.4, -0.2) is 34.0 Å². The molecule has 2 amide bonds. The minimum absolute atomic E-state index is 0.109. The van der Waals surface area contributed by atoms with Gasteiger partial charge in [-0.25, -0.2) is 9.78 Å².